The van der Waals surface area contributed by atoms with Gasteiger partial charge in [0.25, 0.3) is 5.56 Å². The number of rotatable bonds is 5. The highest BCUT2D eigenvalue weighted by molar-refractivity contribution is 5.77. The van der Waals surface area contributed by atoms with Crippen molar-refractivity contribution in [1.82, 2.24) is 34.2 Å². The number of anilines is 2. The van der Waals surface area contributed by atoms with E-state index in [1.54, 1.807) is 21.8 Å². The maximum atomic E-state index is 13.3. The first-order valence-electron chi connectivity index (χ1n) is 12.9. The third-order valence-corrected chi connectivity index (χ3v) is 7.04. The molecule has 4 aromatic rings. The van der Waals surface area contributed by atoms with Crippen LogP contribution in [0.5, 0.6) is 0 Å². The fraction of sp³-hybridized carbons (Fsp3) is 0.464. The molecule has 0 fully saturated rings. The second-order valence-corrected chi connectivity index (χ2v) is 11.4. The number of benzene rings is 1. The average Bonchev–Trinajstić information content (AvgIpc) is 3.15. The summed E-state index contributed by atoms with van der Waals surface area (Å²) in [6.07, 6.45) is 6.60. The molecule has 0 aliphatic heterocycles. The van der Waals surface area contributed by atoms with E-state index in [0.29, 0.717) is 34.7 Å². The maximum Gasteiger partial charge on any atom is 0.278 e. The van der Waals surface area contributed by atoms with E-state index in [1.165, 1.54) is 11.1 Å². The normalized spacial score (nSPS) is 16.0. The Bertz CT molecular complexity index is 1510. The van der Waals surface area contributed by atoms with Crippen LogP contribution < -0.4 is 10.9 Å². The van der Waals surface area contributed by atoms with Crippen molar-refractivity contribution >= 4 is 22.7 Å². The number of aromatic nitrogens is 6. The molecular formula is C28H36N8O. The predicted molar refractivity (Wildman–Crippen MR) is 147 cm³/mol. The molecule has 0 amide bonds. The number of hydrogen-bond donors (Lipinski definition) is 1. The number of fused-ring (bicyclic) bond motifs is 2. The average molecular weight is 501 g/mol. The number of aryl methyl sites for hydroxylation is 1. The maximum absolute atomic E-state index is 13.3. The summed E-state index contributed by atoms with van der Waals surface area (Å²) in [5, 5.41) is 3.82. The zero-order valence-corrected chi connectivity index (χ0v) is 22.8. The van der Waals surface area contributed by atoms with Gasteiger partial charge in [-0.2, -0.15) is 4.98 Å². The molecule has 1 unspecified atom stereocenters. The Hall–Kier alpha value is -3.59. The lowest BCUT2D eigenvalue weighted by Gasteiger charge is -2.30. The molecule has 194 valence electrons. The smallest absolute Gasteiger partial charge is 0.278 e. The van der Waals surface area contributed by atoms with Gasteiger partial charge in [0.1, 0.15) is 11.2 Å². The Morgan fingerprint density at radius 3 is 2.57 bits per heavy atom. The number of hydrogen-bond acceptors (Lipinski definition) is 7. The molecule has 1 aromatic carbocycles. The van der Waals surface area contributed by atoms with Crippen molar-refractivity contribution in [2.45, 2.75) is 71.4 Å². The van der Waals surface area contributed by atoms with E-state index in [2.05, 4.69) is 73.3 Å². The van der Waals surface area contributed by atoms with Gasteiger partial charge in [0.05, 0.1) is 0 Å². The standard InChI is InChI=1S/C28H36N8O/c1-17(2)35-25(37)22-16-30-27(31-20-10-8-19-15-21(34(6)7)11-9-18(19)14-20)33-24(22)36(35)23-12-13-29-26(32-23)28(3,4)5/h8,10,12-14,16-17,21H,9,11,15H2,1-7H3,(H,30,31,33). The monoisotopic (exact) mass is 500 g/mol. The van der Waals surface area contributed by atoms with Crippen LogP contribution in [0.15, 0.2) is 41.5 Å². The van der Waals surface area contributed by atoms with Crippen LogP contribution in [-0.2, 0) is 18.3 Å². The lowest BCUT2D eigenvalue weighted by molar-refractivity contribution is 0.268. The first-order chi connectivity index (χ1) is 17.5. The first kappa shape index (κ1) is 25.1. The lowest BCUT2D eigenvalue weighted by atomic mass is 9.87. The third kappa shape index (κ3) is 4.75. The van der Waals surface area contributed by atoms with Crippen molar-refractivity contribution in [3.8, 4) is 5.82 Å². The van der Waals surface area contributed by atoms with E-state index in [1.807, 2.05) is 19.9 Å². The molecule has 3 heterocycles. The van der Waals surface area contributed by atoms with Gasteiger partial charge < -0.3 is 10.2 Å². The zero-order valence-electron chi connectivity index (χ0n) is 22.8. The highest BCUT2D eigenvalue weighted by Crippen LogP contribution is 2.28. The second-order valence-electron chi connectivity index (χ2n) is 11.4. The minimum Gasteiger partial charge on any atom is -0.324 e. The van der Waals surface area contributed by atoms with Crippen molar-refractivity contribution in [2.24, 2.45) is 0 Å². The van der Waals surface area contributed by atoms with Crippen LogP contribution in [0, 0.1) is 0 Å². The Morgan fingerprint density at radius 2 is 1.86 bits per heavy atom. The topological polar surface area (TPSA) is 93.8 Å². The largest absolute Gasteiger partial charge is 0.324 e. The molecule has 9 nitrogen and oxygen atoms in total. The molecule has 1 N–H and O–H groups in total. The summed E-state index contributed by atoms with van der Waals surface area (Å²) in [6.45, 7) is 10.2. The molecule has 37 heavy (non-hydrogen) atoms. The summed E-state index contributed by atoms with van der Waals surface area (Å²) in [5.41, 5.74) is 3.84. The van der Waals surface area contributed by atoms with Crippen molar-refractivity contribution < 1.29 is 0 Å². The Labute approximate surface area is 217 Å². The van der Waals surface area contributed by atoms with Crippen LogP contribution in [0.25, 0.3) is 16.9 Å². The molecular weight excluding hydrogens is 464 g/mol. The van der Waals surface area contributed by atoms with Gasteiger partial charge in [0, 0.05) is 41.6 Å². The highest BCUT2D eigenvalue weighted by Gasteiger charge is 2.24. The summed E-state index contributed by atoms with van der Waals surface area (Å²) in [6, 6.07) is 8.77. The molecule has 5 rings (SSSR count). The Morgan fingerprint density at radius 1 is 1.08 bits per heavy atom. The summed E-state index contributed by atoms with van der Waals surface area (Å²) in [5.74, 6) is 1.75. The zero-order chi connectivity index (χ0) is 26.5. The third-order valence-electron chi connectivity index (χ3n) is 7.04. The van der Waals surface area contributed by atoms with Gasteiger partial charge in [0.15, 0.2) is 11.5 Å². The SMILES string of the molecule is CC(C)n1c(=O)c2cnc(Nc3ccc4c(c3)CCC(N(C)C)C4)nc2n1-c1ccnc(C(C)(C)C)n1. The summed E-state index contributed by atoms with van der Waals surface area (Å²) >= 11 is 0. The Kier molecular flexibility index (Phi) is 6.35. The molecule has 0 spiro atoms. The number of nitrogens with zero attached hydrogens (tertiary/aromatic N) is 7. The minimum atomic E-state index is -0.234. The quantitative estimate of drug-likeness (QED) is 0.434. The first-order valence-corrected chi connectivity index (χ1v) is 12.9. The van der Waals surface area contributed by atoms with Crippen LogP contribution in [0.3, 0.4) is 0 Å². The summed E-state index contributed by atoms with van der Waals surface area (Å²) < 4.78 is 3.47. The van der Waals surface area contributed by atoms with Crippen LogP contribution in [0.2, 0.25) is 0 Å². The molecule has 9 heteroatoms. The second kappa shape index (κ2) is 9.37. The lowest BCUT2D eigenvalue weighted by Crippen LogP contribution is -2.33. The van der Waals surface area contributed by atoms with Crippen LogP contribution in [0.1, 0.15) is 64.0 Å². The van der Waals surface area contributed by atoms with E-state index in [9.17, 15) is 4.79 Å². The van der Waals surface area contributed by atoms with E-state index >= 15 is 0 Å². The van der Waals surface area contributed by atoms with Gasteiger partial charge in [-0.05, 0) is 70.5 Å². The number of likely N-dealkylation sites (N-methyl/N-ethyl adjacent to an activating group) is 1. The van der Waals surface area contributed by atoms with Crippen LogP contribution in [-0.4, -0.2) is 54.3 Å². The molecule has 0 saturated carbocycles. The molecule has 0 saturated heterocycles. The van der Waals surface area contributed by atoms with E-state index in [-0.39, 0.29) is 17.0 Å². The van der Waals surface area contributed by atoms with Crippen molar-refractivity contribution in [3.63, 3.8) is 0 Å². The fourth-order valence-electron chi connectivity index (χ4n) is 4.96. The fourth-order valence-corrected chi connectivity index (χ4v) is 4.96. The molecule has 0 bridgehead atoms. The highest BCUT2D eigenvalue weighted by atomic mass is 16.1. The van der Waals surface area contributed by atoms with Crippen molar-refractivity contribution in [2.75, 3.05) is 19.4 Å². The molecule has 0 radical (unpaired) electrons. The van der Waals surface area contributed by atoms with Gasteiger partial charge in [-0.15, -0.1) is 0 Å². The summed E-state index contributed by atoms with van der Waals surface area (Å²) in [7, 11) is 4.30. The van der Waals surface area contributed by atoms with Gasteiger partial charge in [-0.3, -0.25) is 4.79 Å². The van der Waals surface area contributed by atoms with Crippen LogP contribution in [0.4, 0.5) is 11.6 Å². The van der Waals surface area contributed by atoms with Gasteiger partial charge in [-0.25, -0.2) is 24.3 Å². The van der Waals surface area contributed by atoms with Gasteiger partial charge in [-0.1, -0.05) is 26.8 Å². The molecule has 1 aliphatic carbocycles. The summed E-state index contributed by atoms with van der Waals surface area (Å²) in [4.78, 5) is 34.2. The van der Waals surface area contributed by atoms with Crippen molar-refractivity contribution in [3.05, 3.63) is 64.0 Å². The van der Waals surface area contributed by atoms with E-state index < -0.39 is 0 Å². The number of nitrogens with one attached hydrogen (secondary N) is 1. The Balaban J connectivity index is 1.56. The molecule has 3 aromatic heterocycles. The van der Waals surface area contributed by atoms with Crippen LogP contribution >= 0.6 is 0 Å². The van der Waals surface area contributed by atoms with Gasteiger partial charge >= 0.3 is 0 Å². The van der Waals surface area contributed by atoms with E-state index in [0.717, 1.165) is 24.9 Å². The molecule has 1 atom stereocenters. The van der Waals surface area contributed by atoms with E-state index in [4.69, 9.17) is 9.97 Å². The predicted octanol–water partition coefficient (Wildman–Crippen LogP) is 4.41. The molecule has 1 aliphatic rings. The van der Waals surface area contributed by atoms with Gasteiger partial charge in [0.2, 0.25) is 5.95 Å². The minimum absolute atomic E-state index is 0.0993. The van der Waals surface area contributed by atoms with Crippen molar-refractivity contribution in [1.29, 1.82) is 0 Å².